The van der Waals surface area contributed by atoms with Gasteiger partial charge in [0.2, 0.25) is 0 Å². The van der Waals surface area contributed by atoms with Crippen LogP contribution in [0.4, 0.5) is 0 Å². The van der Waals surface area contributed by atoms with E-state index in [0.29, 0.717) is 0 Å². The van der Waals surface area contributed by atoms with Crippen molar-refractivity contribution in [3.05, 3.63) is 12.2 Å². The topological polar surface area (TPSA) is 0 Å². The molecule has 14 heavy (non-hydrogen) atoms. The first-order valence-electron chi connectivity index (χ1n) is 6.32. The van der Waals surface area contributed by atoms with Gasteiger partial charge in [-0.1, -0.05) is 25.5 Å². The van der Waals surface area contributed by atoms with E-state index in [1.165, 1.54) is 44.1 Å². The molecule has 2 rings (SSSR count). The van der Waals surface area contributed by atoms with E-state index < -0.39 is 0 Å². The van der Waals surface area contributed by atoms with Crippen LogP contribution in [0.25, 0.3) is 0 Å². The minimum absolute atomic E-state index is 0.852. The molecule has 2 saturated carbocycles. The van der Waals surface area contributed by atoms with Crippen LogP contribution in [0.1, 0.15) is 52.4 Å². The van der Waals surface area contributed by atoms with E-state index in [0.717, 1.165) is 23.7 Å². The SMILES string of the molecule is C=C(C)C1CCC2CC(C)CCC2C1. The fraction of sp³-hybridized carbons (Fsp3) is 0.857. The van der Waals surface area contributed by atoms with Crippen molar-refractivity contribution in [2.75, 3.05) is 0 Å². The summed E-state index contributed by atoms with van der Waals surface area (Å²) >= 11 is 0. The maximum Gasteiger partial charge on any atom is -0.0206 e. The molecule has 2 fully saturated rings. The first kappa shape index (κ1) is 10.3. The number of rotatable bonds is 1. The number of fused-ring (bicyclic) bond motifs is 1. The predicted molar refractivity (Wildman–Crippen MR) is 62.2 cm³/mol. The van der Waals surface area contributed by atoms with Crippen molar-refractivity contribution in [2.45, 2.75) is 52.4 Å². The molecule has 2 aliphatic carbocycles. The Morgan fingerprint density at radius 2 is 1.64 bits per heavy atom. The van der Waals surface area contributed by atoms with Gasteiger partial charge in [-0.15, -0.1) is 0 Å². The van der Waals surface area contributed by atoms with Gasteiger partial charge in [-0.25, -0.2) is 0 Å². The molecule has 0 aliphatic heterocycles. The van der Waals surface area contributed by atoms with Gasteiger partial charge in [-0.3, -0.25) is 0 Å². The summed E-state index contributed by atoms with van der Waals surface area (Å²) in [4.78, 5) is 0. The van der Waals surface area contributed by atoms with E-state index in [1.54, 1.807) is 0 Å². The zero-order chi connectivity index (χ0) is 10.1. The Hall–Kier alpha value is -0.260. The maximum atomic E-state index is 4.13. The fourth-order valence-electron chi connectivity index (χ4n) is 3.57. The van der Waals surface area contributed by atoms with Crippen LogP contribution >= 0.6 is 0 Å². The Morgan fingerprint density at radius 1 is 1.00 bits per heavy atom. The molecule has 4 unspecified atom stereocenters. The normalized spacial score (nSPS) is 43.0. The predicted octanol–water partition coefficient (Wildman–Crippen LogP) is 4.42. The molecule has 0 N–H and O–H groups in total. The lowest BCUT2D eigenvalue weighted by molar-refractivity contribution is 0.114. The molecule has 80 valence electrons. The summed E-state index contributed by atoms with van der Waals surface area (Å²) in [7, 11) is 0. The molecule has 0 radical (unpaired) electrons. The second-order valence-electron chi connectivity index (χ2n) is 5.79. The Morgan fingerprint density at radius 3 is 2.36 bits per heavy atom. The molecule has 0 bridgehead atoms. The van der Waals surface area contributed by atoms with Crippen LogP contribution in [-0.4, -0.2) is 0 Å². The summed E-state index contributed by atoms with van der Waals surface area (Å²) in [5, 5.41) is 0. The van der Waals surface area contributed by atoms with Crippen LogP contribution in [0.2, 0.25) is 0 Å². The minimum Gasteiger partial charge on any atom is -0.0999 e. The highest BCUT2D eigenvalue weighted by Gasteiger charge is 2.34. The van der Waals surface area contributed by atoms with E-state index >= 15 is 0 Å². The van der Waals surface area contributed by atoms with Crippen LogP contribution in [0.5, 0.6) is 0 Å². The van der Waals surface area contributed by atoms with Crippen LogP contribution in [0, 0.1) is 23.7 Å². The lowest BCUT2D eigenvalue weighted by atomic mass is 9.64. The molecule has 2 aliphatic rings. The first-order valence-corrected chi connectivity index (χ1v) is 6.32. The van der Waals surface area contributed by atoms with Gasteiger partial charge in [0, 0.05) is 0 Å². The number of hydrogen-bond acceptors (Lipinski definition) is 0. The van der Waals surface area contributed by atoms with Crippen molar-refractivity contribution in [3.63, 3.8) is 0 Å². The van der Waals surface area contributed by atoms with E-state index in [4.69, 9.17) is 0 Å². The third-order valence-corrected chi connectivity index (χ3v) is 4.57. The zero-order valence-corrected chi connectivity index (χ0v) is 9.76. The van der Waals surface area contributed by atoms with Gasteiger partial charge >= 0.3 is 0 Å². The monoisotopic (exact) mass is 192 g/mol. The Balaban J connectivity index is 1.94. The fourth-order valence-corrected chi connectivity index (χ4v) is 3.57. The smallest absolute Gasteiger partial charge is 0.0206 e. The van der Waals surface area contributed by atoms with E-state index in [9.17, 15) is 0 Å². The van der Waals surface area contributed by atoms with Crippen molar-refractivity contribution in [1.82, 2.24) is 0 Å². The highest BCUT2D eigenvalue weighted by Crippen LogP contribution is 2.45. The largest absolute Gasteiger partial charge is 0.0999 e. The van der Waals surface area contributed by atoms with E-state index in [2.05, 4.69) is 20.4 Å². The summed E-state index contributed by atoms with van der Waals surface area (Å²) in [6.45, 7) is 8.78. The van der Waals surface area contributed by atoms with E-state index in [1.807, 2.05) is 0 Å². The summed E-state index contributed by atoms with van der Waals surface area (Å²) < 4.78 is 0. The molecular formula is C14H24. The van der Waals surface area contributed by atoms with Gasteiger partial charge in [0.05, 0.1) is 0 Å². The molecular weight excluding hydrogens is 168 g/mol. The quantitative estimate of drug-likeness (QED) is 0.540. The van der Waals surface area contributed by atoms with Gasteiger partial charge in [0.15, 0.2) is 0 Å². The number of allylic oxidation sites excluding steroid dienone is 1. The van der Waals surface area contributed by atoms with Crippen molar-refractivity contribution in [1.29, 1.82) is 0 Å². The molecule has 4 atom stereocenters. The van der Waals surface area contributed by atoms with Crippen molar-refractivity contribution < 1.29 is 0 Å². The van der Waals surface area contributed by atoms with Gasteiger partial charge in [-0.05, 0) is 62.7 Å². The minimum atomic E-state index is 0.852. The summed E-state index contributed by atoms with van der Waals surface area (Å²) in [5.74, 6) is 3.96. The summed E-state index contributed by atoms with van der Waals surface area (Å²) in [6, 6.07) is 0. The number of hydrogen-bond donors (Lipinski definition) is 0. The van der Waals surface area contributed by atoms with Gasteiger partial charge < -0.3 is 0 Å². The summed E-state index contributed by atoms with van der Waals surface area (Å²) in [6.07, 6.45) is 8.83. The Bertz CT molecular complexity index is 216. The first-order chi connectivity index (χ1) is 6.66. The van der Waals surface area contributed by atoms with E-state index in [-0.39, 0.29) is 0 Å². The summed E-state index contributed by atoms with van der Waals surface area (Å²) in [5.41, 5.74) is 1.43. The lowest BCUT2D eigenvalue weighted by Gasteiger charge is -2.41. The van der Waals surface area contributed by atoms with Crippen molar-refractivity contribution >= 4 is 0 Å². The molecule has 0 heteroatoms. The van der Waals surface area contributed by atoms with Crippen molar-refractivity contribution in [3.8, 4) is 0 Å². The zero-order valence-electron chi connectivity index (χ0n) is 9.76. The second-order valence-corrected chi connectivity index (χ2v) is 5.79. The molecule has 0 aromatic heterocycles. The molecule has 0 saturated heterocycles. The third kappa shape index (κ3) is 2.04. The second kappa shape index (κ2) is 4.08. The van der Waals surface area contributed by atoms with Gasteiger partial charge in [0.1, 0.15) is 0 Å². The van der Waals surface area contributed by atoms with Gasteiger partial charge in [-0.2, -0.15) is 0 Å². The molecule has 0 heterocycles. The highest BCUT2D eigenvalue weighted by atomic mass is 14.4. The molecule has 0 nitrogen and oxygen atoms in total. The lowest BCUT2D eigenvalue weighted by Crippen LogP contribution is -2.30. The van der Waals surface area contributed by atoms with Crippen molar-refractivity contribution in [2.24, 2.45) is 23.7 Å². The molecule has 0 aromatic rings. The highest BCUT2D eigenvalue weighted by molar-refractivity contribution is 5.00. The molecule has 0 amide bonds. The third-order valence-electron chi connectivity index (χ3n) is 4.57. The van der Waals surface area contributed by atoms with Gasteiger partial charge in [0.25, 0.3) is 0 Å². The molecule has 0 spiro atoms. The van der Waals surface area contributed by atoms with Crippen LogP contribution in [0.3, 0.4) is 0 Å². The Labute approximate surface area is 88.8 Å². The average Bonchev–Trinajstić information content (AvgIpc) is 2.16. The standard InChI is InChI=1S/C14H24/c1-10(2)12-6-7-13-8-11(3)4-5-14(13)9-12/h11-14H,1,4-9H2,2-3H3. The maximum absolute atomic E-state index is 4.13. The van der Waals surface area contributed by atoms with Crippen LogP contribution < -0.4 is 0 Å². The average molecular weight is 192 g/mol. The van der Waals surface area contributed by atoms with Crippen LogP contribution in [0.15, 0.2) is 12.2 Å². The van der Waals surface area contributed by atoms with Crippen LogP contribution in [-0.2, 0) is 0 Å². The Kier molecular flexibility index (Phi) is 2.99. The molecule has 0 aromatic carbocycles.